The van der Waals surface area contributed by atoms with Crippen molar-refractivity contribution < 1.29 is 19.2 Å². The Morgan fingerprint density at radius 1 is 1.50 bits per heavy atom. The quantitative estimate of drug-likeness (QED) is 0.852. The van der Waals surface area contributed by atoms with E-state index in [2.05, 4.69) is 15.0 Å². The first-order valence-corrected chi connectivity index (χ1v) is 5.25. The van der Waals surface area contributed by atoms with Crippen LogP contribution in [0.3, 0.4) is 0 Å². The number of phenols is 1. The number of rotatable bonds is 4. The molecule has 0 bridgehead atoms. The molecule has 94 valence electrons. The van der Waals surface area contributed by atoms with Gasteiger partial charge in [0.05, 0.1) is 13.7 Å². The summed E-state index contributed by atoms with van der Waals surface area (Å²) in [5, 5.41) is 15.9. The van der Waals surface area contributed by atoms with Gasteiger partial charge < -0.3 is 19.7 Å². The van der Waals surface area contributed by atoms with E-state index >= 15 is 0 Å². The van der Waals surface area contributed by atoms with Crippen LogP contribution < -0.4 is 10.1 Å². The van der Waals surface area contributed by atoms with Crippen LogP contribution >= 0.6 is 0 Å². The number of nitrogens with zero attached hydrogens (tertiary/aromatic N) is 1. The molecule has 0 atom stereocenters. The summed E-state index contributed by atoms with van der Waals surface area (Å²) in [5.74, 6) is -0.0643. The van der Waals surface area contributed by atoms with Gasteiger partial charge in [0.15, 0.2) is 11.5 Å². The summed E-state index contributed by atoms with van der Waals surface area (Å²) in [4.78, 5) is 11.8. The predicted octanol–water partition coefficient (Wildman–Crippen LogP) is 1.32. The third-order valence-corrected chi connectivity index (χ3v) is 2.36. The first-order chi connectivity index (χ1) is 8.70. The zero-order chi connectivity index (χ0) is 13.0. The number of methoxy groups -OCH3 is 1. The molecule has 0 fully saturated rings. The van der Waals surface area contributed by atoms with Crippen LogP contribution in [0.5, 0.6) is 11.5 Å². The highest BCUT2D eigenvalue weighted by atomic mass is 16.5. The fourth-order valence-electron chi connectivity index (χ4n) is 1.43. The van der Waals surface area contributed by atoms with E-state index in [0.29, 0.717) is 17.0 Å². The molecule has 1 amide bonds. The normalized spacial score (nSPS) is 10.1. The van der Waals surface area contributed by atoms with E-state index < -0.39 is 0 Å². The third kappa shape index (κ3) is 2.60. The molecule has 0 spiro atoms. The van der Waals surface area contributed by atoms with E-state index in [-0.39, 0.29) is 18.2 Å². The molecule has 2 rings (SSSR count). The largest absolute Gasteiger partial charge is 0.504 e. The molecule has 18 heavy (non-hydrogen) atoms. The molecule has 1 heterocycles. The second-order valence-electron chi connectivity index (χ2n) is 3.56. The highest BCUT2D eigenvalue weighted by Gasteiger charge is 2.09. The van der Waals surface area contributed by atoms with E-state index in [1.807, 2.05) is 0 Å². The van der Waals surface area contributed by atoms with Gasteiger partial charge in [0.25, 0.3) is 5.91 Å². The van der Waals surface area contributed by atoms with Gasteiger partial charge in [0.1, 0.15) is 12.0 Å². The Bertz CT molecular complexity index is 537. The van der Waals surface area contributed by atoms with Crippen molar-refractivity contribution in [3.8, 4) is 11.5 Å². The van der Waals surface area contributed by atoms with Crippen LogP contribution in [0.25, 0.3) is 0 Å². The molecule has 2 N–H and O–H groups in total. The van der Waals surface area contributed by atoms with Crippen molar-refractivity contribution in [1.29, 1.82) is 0 Å². The maximum absolute atomic E-state index is 11.8. The van der Waals surface area contributed by atoms with Crippen molar-refractivity contribution in [2.24, 2.45) is 0 Å². The Labute approximate surface area is 103 Å². The maximum Gasteiger partial charge on any atom is 0.251 e. The summed E-state index contributed by atoms with van der Waals surface area (Å²) in [5.41, 5.74) is 0.970. The fraction of sp³-hybridized carbons (Fsp3) is 0.167. The summed E-state index contributed by atoms with van der Waals surface area (Å²) in [7, 11) is 1.44. The lowest BCUT2D eigenvalue weighted by Crippen LogP contribution is -2.22. The Kier molecular flexibility index (Phi) is 3.47. The maximum atomic E-state index is 11.8. The second-order valence-corrected chi connectivity index (χ2v) is 3.56. The lowest BCUT2D eigenvalue weighted by Gasteiger charge is -2.06. The van der Waals surface area contributed by atoms with Gasteiger partial charge >= 0.3 is 0 Å². The lowest BCUT2D eigenvalue weighted by atomic mass is 10.2. The van der Waals surface area contributed by atoms with Gasteiger partial charge in [-0.2, -0.15) is 0 Å². The highest BCUT2D eigenvalue weighted by molar-refractivity contribution is 5.94. The molecule has 0 unspecified atom stereocenters. The average molecular weight is 248 g/mol. The fourth-order valence-corrected chi connectivity index (χ4v) is 1.43. The van der Waals surface area contributed by atoms with Crippen molar-refractivity contribution in [3.63, 3.8) is 0 Å². The van der Waals surface area contributed by atoms with E-state index in [0.717, 1.165) is 0 Å². The summed E-state index contributed by atoms with van der Waals surface area (Å²) in [6, 6.07) is 6.10. The number of amides is 1. The van der Waals surface area contributed by atoms with E-state index in [4.69, 9.17) is 4.74 Å². The molecule has 0 saturated heterocycles. The van der Waals surface area contributed by atoms with Crippen LogP contribution in [0.4, 0.5) is 0 Å². The number of ether oxygens (including phenoxy) is 1. The first kappa shape index (κ1) is 12.0. The van der Waals surface area contributed by atoms with Gasteiger partial charge in [-0.25, -0.2) is 0 Å². The van der Waals surface area contributed by atoms with Gasteiger partial charge in [-0.1, -0.05) is 5.16 Å². The van der Waals surface area contributed by atoms with Crippen molar-refractivity contribution in [3.05, 3.63) is 41.8 Å². The zero-order valence-corrected chi connectivity index (χ0v) is 9.71. The molecule has 6 nitrogen and oxygen atoms in total. The summed E-state index contributed by atoms with van der Waals surface area (Å²) >= 11 is 0. The number of phenolic OH excluding ortho intramolecular Hbond substituents is 1. The van der Waals surface area contributed by atoms with Gasteiger partial charge in [0, 0.05) is 11.6 Å². The molecule has 0 aliphatic carbocycles. The van der Waals surface area contributed by atoms with Crippen LogP contribution in [-0.4, -0.2) is 23.3 Å². The van der Waals surface area contributed by atoms with Gasteiger partial charge in [-0.05, 0) is 18.2 Å². The number of hydrogen-bond acceptors (Lipinski definition) is 5. The van der Waals surface area contributed by atoms with Gasteiger partial charge in [-0.15, -0.1) is 0 Å². The third-order valence-electron chi connectivity index (χ3n) is 2.36. The first-order valence-electron chi connectivity index (χ1n) is 5.25. The monoisotopic (exact) mass is 248 g/mol. The smallest absolute Gasteiger partial charge is 0.251 e. The molecular weight excluding hydrogens is 236 g/mol. The molecule has 0 saturated carbocycles. The van der Waals surface area contributed by atoms with Crippen LogP contribution in [0.1, 0.15) is 16.1 Å². The molecule has 1 aromatic heterocycles. The minimum Gasteiger partial charge on any atom is -0.504 e. The Hall–Kier alpha value is -2.50. The van der Waals surface area contributed by atoms with Crippen molar-refractivity contribution >= 4 is 5.91 Å². The zero-order valence-electron chi connectivity index (χ0n) is 9.71. The Morgan fingerprint density at radius 3 is 2.94 bits per heavy atom. The van der Waals surface area contributed by atoms with Crippen molar-refractivity contribution in [1.82, 2.24) is 10.5 Å². The molecule has 0 radical (unpaired) electrons. The van der Waals surface area contributed by atoms with Crippen LogP contribution in [0.2, 0.25) is 0 Å². The van der Waals surface area contributed by atoms with E-state index in [1.165, 1.54) is 25.5 Å². The SMILES string of the molecule is COc1ccc(C(=O)NCc2ccon2)cc1O. The minimum atomic E-state index is -0.309. The second kappa shape index (κ2) is 5.22. The Balaban J connectivity index is 2.02. The standard InChI is InChI=1S/C12H12N2O4/c1-17-11-3-2-8(6-10(11)15)12(16)13-7-9-4-5-18-14-9/h2-6,15H,7H2,1H3,(H,13,16). The van der Waals surface area contributed by atoms with Gasteiger partial charge in [0.2, 0.25) is 0 Å². The molecule has 6 heteroatoms. The van der Waals surface area contributed by atoms with E-state index in [1.54, 1.807) is 12.1 Å². The number of aromatic hydroxyl groups is 1. The number of benzene rings is 1. The average Bonchev–Trinajstić information content (AvgIpc) is 2.89. The number of aromatic nitrogens is 1. The summed E-state index contributed by atoms with van der Waals surface area (Å²) < 4.78 is 9.54. The number of carbonyl (C=O) groups is 1. The number of nitrogens with one attached hydrogen (secondary N) is 1. The Morgan fingerprint density at radius 2 is 2.33 bits per heavy atom. The number of carbonyl (C=O) groups excluding carboxylic acids is 1. The molecule has 2 aromatic rings. The molecular formula is C12H12N2O4. The van der Waals surface area contributed by atoms with Gasteiger partial charge in [-0.3, -0.25) is 4.79 Å². The lowest BCUT2D eigenvalue weighted by molar-refractivity contribution is 0.0949. The molecule has 0 aliphatic heterocycles. The molecule has 0 aliphatic rings. The van der Waals surface area contributed by atoms with Crippen molar-refractivity contribution in [2.75, 3.05) is 7.11 Å². The predicted molar refractivity (Wildman–Crippen MR) is 62.3 cm³/mol. The van der Waals surface area contributed by atoms with Crippen LogP contribution in [0.15, 0.2) is 35.1 Å². The van der Waals surface area contributed by atoms with Crippen LogP contribution in [-0.2, 0) is 6.54 Å². The van der Waals surface area contributed by atoms with Crippen LogP contribution in [0, 0.1) is 0 Å². The number of hydrogen-bond donors (Lipinski definition) is 2. The molecule has 1 aromatic carbocycles. The summed E-state index contributed by atoms with van der Waals surface area (Å²) in [6.45, 7) is 0.266. The summed E-state index contributed by atoms with van der Waals surface area (Å²) in [6.07, 6.45) is 1.43. The van der Waals surface area contributed by atoms with E-state index in [9.17, 15) is 9.90 Å². The van der Waals surface area contributed by atoms with Crippen molar-refractivity contribution in [2.45, 2.75) is 6.54 Å². The minimum absolute atomic E-state index is 0.0772. The topological polar surface area (TPSA) is 84.6 Å². The highest BCUT2D eigenvalue weighted by Crippen LogP contribution is 2.26.